The van der Waals surface area contributed by atoms with E-state index in [1.165, 1.54) is 23.5 Å². The quantitative estimate of drug-likeness (QED) is 0.787. The monoisotopic (exact) mass is 242 g/mol. The summed E-state index contributed by atoms with van der Waals surface area (Å²) in [5.74, 6) is 0.391. The minimum atomic E-state index is -0.262. The van der Waals surface area contributed by atoms with Crippen LogP contribution in [0.3, 0.4) is 0 Å². The topological polar surface area (TPSA) is 9.23 Å². The van der Waals surface area contributed by atoms with E-state index in [1.54, 1.807) is 12.1 Å². The molecule has 1 aromatic heterocycles. The molecule has 1 aromatic carbocycles. The fourth-order valence-electron chi connectivity index (χ4n) is 1.11. The minimum Gasteiger partial charge on any atom is -0.488 e. The average Bonchev–Trinajstić information content (AvgIpc) is 2.64. The third-order valence-electron chi connectivity index (χ3n) is 1.82. The van der Waals surface area contributed by atoms with Crippen LogP contribution < -0.4 is 4.74 Å². The van der Waals surface area contributed by atoms with Crippen molar-refractivity contribution >= 4 is 22.9 Å². The number of hydrogen-bond donors (Lipinski definition) is 0. The van der Waals surface area contributed by atoms with Crippen LogP contribution in [-0.4, -0.2) is 0 Å². The maximum atomic E-state index is 12.6. The van der Waals surface area contributed by atoms with E-state index in [4.69, 9.17) is 16.3 Å². The lowest BCUT2D eigenvalue weighted by atomic mass is 10.3. The van der Waals surface area contributed by atoms with Gasteiger partial charge in [0.2, 0.25) is 0 Å². The Bertz CT molecular complexity index is 438. The van der Waals surface area contributed by atoms with Crippen LogP contribution in [0.25, 0.3) is 0 Å². The zero-order chi connectivity index (χ0) is 10.7. The summed E-state index contributed by atoms with van der Waals surface area (Å²) in [5.41, 5.74) is 0. The summed E-state index contributed by atoms with van der Waals surface area (Å²) in [7, 11) is 0. The number of hydrogen-bond acceptors (Lipinski definition) is 2. The number of rotatable bonds is 3. The normalized spacial score (nSPS) is 10.3. The van der Waals surface area contributed by atoms with Gasteiger partial charge in [0.05, 0.1) is 4.34 Å². The molecule has 0 saturated carbocycles. The Labute approximate surface area is 96.1 Å². The molecule has 0 atom stereocenters. The first kappa shape index (κ1) is 10.5. The van der Waals surface area contributed by atoms with Gasteiger partial charge in [-0.2, -0.15) is 0 Å². The van der Waals surface area contributed by atoms with Crippen LogP contribution in [0.2, 0.25) is 4.34 Å². The maximum Gasteiger partial charge on any atom is 0.123 e. The molecule has 0 spiro atoms. The van der Waals surface area contributed by atoms with Crippen LogP contribution in [-0.2, 0) is 6.61 Å². The molecule has 2 aromatic rings. The molecule has 1 heterocycles. The Morgan fingerprint density at radius 2 is 1.87 bits per heavy atom. The van der Waals surface area contributed by atoms with Gasteiger partial charge in [0.25, 0.3) is 0 Å². The van der Waals surface area contributed by atoms with E-state index < -0.39 is 0 Å². The lowest BCUT2D eigenvalue weighted by molar-refractivity contribution is 0.309. The SMILES string of the molecule is Fc1ccc(OCc2ccc(Cl)s2)cc1. The Hall–Kier alpha value is -1.06. The highest BCUT2D eigenvalue weighted by atomic mass is 35.5. The van der Waals surface area contributed by atoms with Gasteiger partial charge >= 0.3 is 0 Å². The Morgan fingerprint density at radius 1 is 1.13 bits per heavy atom. The number of ether oxygens (including phenoxy) is 1. The van der Waals surface area contributed by atoms with Crippen LogP contribution >= 0.6 is 22.9 Å². The van der Waals surface area contributed by atoms with Gasteiger partial charge in [0.15, 0.2) is 0 Å². The van der Waals surface area contributed by atoms with Gasteiger partial charge in [-0.05, 0) is 36.4 Å². The van der Waals surface area contributed by atoms with Crippen molar-refractivity contribution < 1.29 is 9.13 Å². The summed E-state index contributed by atoms with van der Waals surface area (Å²) in [4.78, 5) is 1.05. The molecule has 0 bridgehead atoms. The van der Waals surface area contributed by atoms with Gasteiger partial charge in [-0.1, -0.05) is 11.6 Å². The van der Waals surface area contributed by atoms with E-state index >= 15 is 0 Å². The molecule has 0 aliphatic heterocycles. The fraction of sp³-hybridized carbons (Fsp3) is 0.0909. The van der Waals surface area contributed by atoms with Gasteiger partial charge in [-0.3, -0.25) is 0 Å². The molecule has 0 unspecified atom stereocenters. The van der Waals surface area contributed by atoms with Crippen molar-refractivity contribution in [2.75, 3.05) is 0 Å². The predicted octanol–water partition coefficient (Wildman–Crippen LogP) is 4.12. The first-order valence-electron chi connectivity index (χ1n) is 4.36. The molecule has 0 aliphatic carbocycles. The Kier molecular flexibility index (Phi) is 3.23. The highest BCUT2D eigenvalue weighted by Gasteiger charge is 1.99. The fourth-order valence-corrected chi connectivity index (χ4v) is 2.12. The summed E-state index contributed by atoms with van der Waals surface area (Å²) < 4.78 is 18.8. The van der Waals surface area contributed by atoms with Crippen molar-refractivity contribution in [3.63, 3.8) is 0 Å². The molecule has 0 fully saturated rings. The predicted molar refractivity (Wildman–Crippen MR) is 60.1 cm³/mol. The lowest BCUT2D eigenvalue weighted by Gasteiger charge is -2.03. The molecule has 0 radical (unpaired) electrons. The lowest BCUT2D eigenvalue weighted by Crippen LogP contribution is -1.92. The van der Waals surface area contributed by atoms with Crippen molar-refractivity contribution in [1.82, 2.24) is 0 Å². The van der Waals surface area contributed by atoms with Gasteiger partial charge in [0.1, 0.15) is 18.2 Å². The van der Waals surface area contributed by atoms with E-state index in [0.29, 0.717) is 12.4 Å². The minimum absolute atomic E-state index is 0.262. The van der Waals surface area contributed by atoms with Crippen LogP contribution in [0.4, 0.5) is 4.39 Å². The highest BCUT2D eigenvalue weighted by molar-refractivity contribution is 7.16. The summed E-state index contributed by atoms with van der Waals surface area (Å²) in [6.07, 6.45) is 0. The molecule has 0 saturated heterocycles. The van der Waals surface area contributed by atoms with Gasteiger partial charge in [0, 0.05) is 4.88 Å². The molecule has 0 N–H and O–H groups in total. The molecular weight excluding hydrogens is 235 g/mol. The average molecular weight is 243 g/mol. The van der Waals surface area contributed by atoms with E-state index in [9.17, 15) is 4.39 Å². The zero-order valence-corrected chi connectivity index (χ0v) is 9.32. The molecule has 1 nitrogen and oxygen atoms in total. The van der Waals surface area contributed by atoms with Crippen molar-refractivity contribution in [2.24, 2.45) is 0 Å². The van der Waals surface area contributed by atoms with Crippen molar-refractivity contribution in [3.8, 4) is 5.75 Å². The van der Waals surface area contributed by atoms with Gasteiger partial charge in [-0.15, -0.1) is 11.3 Å². The largest absolute Gasteiger partial charge is 0.488 e. The first-order chi connectivity index (χ1) is 7.24. The van der Waals surface area contributed by atoms with E-state index in [2.05, 4.69) is 0 Å². The summed E-state index contributed by atoms with van der Waals surface area (Å²) in [6.45, 7) is 0.461. The highest BCUT2D eigenvalue weighted by Crippen LogP contribution is 2.23. The Morgan fingerprint density at radius 3 is 2.47 bits per heavy atom. The van der Waals surface area contributed by atoms with Crippen LogP contribution in [0, 0.1) is 5.82 Å². The van der Waals surface area contributed by atoms with E-state index in [0.717, 1.165) is 9.21 Å². The smallest absolute Gasteiger partial charge is 0.123 e. The third-order valence-corrected chi connectivity index (χ3v) is 3.03. The van der Waals surface area contributed by atoms with E-state index in [1.807, 2.05) is 12.1 Å². The van der Waals surface area contributed by atoms with Crippen LogP contribution in [0.5, 0.6) is 5.75 Å². The second kappa shape index (κ2) is 4.64. The Balaban J connectivity index is 1.96. The molecular formula is C11H8ClFOS. The van der Waals surface area contributed by atoms with Crippen molar-refractivity contribution in [1.29, 1.82) is 0 Å². The number of halogens is 2. The summed E-state index contributed by atoms with van der Waals surface area (Å²) in [5, 5.41) is 0. The maximum absolute atomic E-state index is 12.6. The third kappa shape index (κ3) is 2.94. The van der Waals surface area contributed by atoms with Crippen molar-refractivity contribution in [2.45, 2.75) is 6.61 Å². The molecule has 0 amide bonds. The van der Waals surface area contributed by atoms with E-state index in [-0.39, 0.29) is 5.82 Å². The zero-order valence-electron chi connectivity index (χ0n) is 7.74. The van der Waals surface area contributed by atoms with Crippen LogP contribution in [0.1, 0.15) is 4.88 Å². The second-order valence-corrected chi connectivity index (χ2v) is 4.75. The first-order valence-corrected chi connectivity index (χ1v) is 5.56. The van der Waals surface area contributed by atoms with Crippen molar-refractivity contribution in [3.05, 3.63) is 51.4 Å². The summed E-state index contributed by atoms with van der Waals surface area (Å²) in [6, 6.07) is 9.69. The number of benzene rings is 1. The summed E-state index contributed by atoms with van der Waals surface area (Å²) >= 11 is 7.25. The molecule has 0 aliphatic rings. The molecule has 15 heavy (non-hydrogen) atoms. The molecule has 4 heteroatoms. The second-order valence-electron chi connectivity index (χ2n) is 2.95. The molecule has 2 rings (SSSR count). The molecule has 78 valence electrons. The van der Waals surface area contributed by atoms with Crippen LogP contribution in [0.15, 0.2) is 36.4 Å². The van der Waals surface area contributed by atoms with Gasteiger partial charge < -0.3 is 4.74 Å². The van der Waals surface area contributed by atoms with Gasteiger partial charge in [-0.25, -0.2) is 4.39 Å². The number of thiophene rings is 1. The standard InChI is InChI=1S/C11H8ClFOS/c12-11-6-5-10(15-11)7-14-9-3-1-8(13)2-4-9/h1-6H,7H2.